The minimum absolute atomic E-state index is 0.504. The lowest BCUT2D eigenvalue weighted by atomic mass is 10.1. The van der Waals surface area contributed by atoms with Gasteiger partial charge < -0.3 is 14.8 Å². The van der Waals surface area contributed by atoms with E-state index in [0.29, 0.717) is 16.5 Å². The molecule has 1 aromatic heterocycles. The number of anilines is 2. The van der Waals surface area contributed by atoms with Crippen molar-refractivity contribution in [3.8, 4) is 11.5 Å². The van der Waals surface area contributed by atoms with E-state index in [-0.39, 0.29) is 0 Å². The van der Waals surface area contributed by atoms with E-state index in [0.717, 1.165) is 22.3 Å². The molecule has 0 amide bonds. The van der Waals surface area contributed by atoms with Gasteiger partial charge in [0.15, 0.2) is 0 Å². The molecule has 0 spiro atoms. The number of nitrogens with one attached hydrogen (secondary N) is 1. The van der Waals surface area contributed by atoms with Gasteiger partial charge in [-0.1, -0.05) is 29.8 Å². The Labute approximate surface area is 133 Å². The van der Waals surface area contributed by atoms with Crippen molar-refractivity contribution in [3.05, 3.63) is 53.7 Å². The summed E-state index contributed by atoms with van der Waals surface area (Å²) in [6, 6.07) is 13.4. The van der Waals surface area contributed by atoms with Gasteiger partial charge in [0, 0.05) is 29.4 Å². The van der Waals surface area contributed by atoms with Crippen molar-refractivity contribution >= 4 is 33.9 Å². The number of ether oxygens (including phenoxy) is 2. The molecule has 3 rings (SSSR count). The van der Waals surface area contributed by atoms with E-state index < -0.39 is 0 Å². The average Bonchev–Trinajstić information content (AvgIpc) is 2.56. The molecular weight excluding hydrogens is 300 g/mol. The normalized spacial score (nSPS) is 10.5. The first kappa shape index (κ1) is 14.5. The van der Waals surface area contributed by atoms with Crippen LogP contribution in [0.25, 0.3) is 10.9 Å². The van der Waals surface area contributed by atoms with Gasteiger partial charge in [-0.05, 0) is 12.1 Å². The van der Waals surface area contributed by atoms with E-state index in [1.54, 1.807) is 26.5 Å². The predicted octanol–water partition coefficient (Wildman–Crippen LogP) is 4.65. The molecule has 4 nitrogen and oxygen atoms in total. The summed E-state index contributed by atoms with van der Waals surface area (Å²) in [7, 11) is 3.19. The third kappa shape index (κ3) is 2.65. The molecule has 0 unspecified atom stereocenters. The maximum absolute atomic E-state index is 6.14. The Morgan fingerprint density at radius 1 is 0.955 bits per heavy atom. The second kappa shape index (κ2) is 6.12. The summed E-state index contributed by atoms with van der Waals surface area (Å²) in [5, 5.41) is 4.90. The standard InChI is InChI=1S/C17H15ClN2O2/c1-21-16-10-15(17(22-2)9-12(16)18)20-14-7-8-19-13-6-4-3-5-11(13)14/h3-10H,1-2H3,(H,19,20). The molecule has 0 radical (unpaired) electrons. The molecule has 1 N–H and O–H groups in total. The molecule has 2 aromatic carbocycles. The van der Waals surface area contributed by atoms with Crippen LogP contribution in [0.4, 0.5) is 11.4 Å². The molecule has 3 aromatic rings. The van der Waals surface area contributed by atoms with Crippen LogP contribution in [0.1, 0.15) is 0 Å². The van der Waals surface area contributed by atoms with Crippen molar-refractivity contribution in [1.29, 1.82) is 0 Å². The summed E-state index contributed by atoms with van der Waals surface area (Å²) in [6.07, 6.45) is 1.77. The number of methoxy groups -OCH3 is 2. The Morgan fingerprint density at radius 3 is 2.50 bits per heavy atom. The quantitative estimate of drug-likeness (QED) is 0.761. The molecule has 0 aliphatic carbocycles. The summed E-state index contributed by atoms with van der Waals surface area (Å²) in [5.41, 5.74) is 2.64. The number of halogens is 1. The first-order chi connectivity index (χ1) is 10.7. The molecule has 22 heavy (non-hydrogen) atoms. The third-order valence-corrected chi connectivity index (χ3v) is 3.69. The van der Waals surface area contributed by atoms with Crippen LogP contribution in [-0.2, 0) is 0 Å². The topological polar surface area (TPSA) is 43.4 Å². The highest BCUT2D eigenvalue weighted by molar-refractivity contribution is 6.32. The number of rotatable bonds is 4. The highest BCUT2D eigenvalue weighted by Gasteiger charge is 2.11. The number of hydrogen-bond acceptors (Lipinski definition) is 4. The fourth-order valence-corrected chi connectivity index (χ4v) is 2.54. The minimum atomic E-state index is 0.504. The second-order valence-electron chi connectivity index (χ2n) is 4.69. The molecule has 0 saturated heterocycles. The minimum Gasteiger partial charge on any atom is -0.495 e. The number of hydrogen-bond donors (Lipinski definition) is 1. The Hall–Kier alpha value is -2.46. The van der Waals surface area contributed by atoms with Crippen LogP contribution in [-0.4, -0.2) is 19.2 Å². The summed E-state index contributed by atoms with van der Waals surface area (Å²) < 4.78 is 10.7. The van der Waals surface area contributed by atoms with Crippen LogP contribution in [0, 0.1) is 0 Å². The van der Waals surface area contributed by atoms with Gasteiger partial charge >= 0.3 is 0 Å². The zero-order chi connectivity index (χ0) is 15.5. The first-order valence-corrected chi connectivity index (χ1v) is 7.13. The molecule has 0 fully saturated rings. The lowest BCUT2D eigenvalue weighted by Crippen LogP contribution is -1.97. The summed E-state index contributed by atoms with van der Waals surface area (Å²) in [6.45, 7) is 0. The highest BCUT2D eigenvalue weighted by Crippen LogP contribution is 2.38. The van der Waals surface area contributed by atoms with Gasteiger partial charge in [-0.2, -0.15) is 0 Å². The SMILES string of the molecule is COc1cc(Nc2ccnc3ccccc23)c(OC)cc1Cl. The van der Waals surface area contributed by atoms with Crippen LogP contribution < -0.4 is 14.8 Å². The molecule has 5 heteroatoms. The smallest absolute Gasteiger partial charge is 0.144 e. The Morgan fingerprint density at radius 2 is 1.73 bits per heavy atom. The lowest BCUT2D eigenvalue weighted by molar-refractivity contribution is 0.405. The fraction of sp³-hybridized carbons (Fsp3) is 0.118. The Balaban J connectivity index is 2.08. The monoisotopic (exact) mass is 314 g/mol. The van der Waals surface area contributed by atoms with Crippen molar-refractivity contribution in [2.75, 3.05) is 19.5 Å². The van der Waals surface area contributed by atoms with E-state index in [1.165, 1.54) is 0 Å². The van der Waals surface area contributed by atoms with Gasteiger partial charge in [-0.25, -0.2) is 0 Å². The number of benzene rings is 2. The van der Waals surface area contributed by atoms with Crippen LogP contribution in [0.15, 0.2) is 48.7 Å². The summed E-state index contributed by atoms with van der Waals surface area (Å²) >= 11 is 6.14. The zero-order valence-electron chi connectivity index (χ0n) is 12.3. The molecule has 0 saturated carbocycles. The van der Waals surface area contributed by atoms with Gasteiger partial charge in [0.2, 0.25) is 0 Å². The largest absolute Gasteiger partial charge is 0.495 e. The van der Waals surface area contributed by atoms with Crippen LogP contribution >= 0.6 is 11.6 Å². The summed E-state index contributed by atoms with van der Waals surface area (Å²) in [5.74, 6) is 1.23. The van der Waals surface area contributed by atoms with Gasteiger partial charge in [0.05, 0.1) is 30.4 Å². The molecule has 1 heterocycles. The molecular formula is C17H15ClN2O2. The number of aromatic nitrogens is 1. The Bertz CT molecular complexity index is 816. The highest BCUT2D eigenvalue weighted by atomic mass is 35.5. The van der Waals surface area contributed by atoms with E-state index in [9.17, 15) is 0 Å². The lowest BCUT2D eigenvalue weighted by Gasteiger charge is -2.15. The van der Waals surface area contributed by atoms with Crippen molar-refractivity contribution in [2.45, 2.75) is 0 Å². The van der Waals surface area contributed by atoms with Gasteiger partial charge in [-0.3, -0.25) is 4.98 Å². The van der Waals surface area contributed by atoms with E-state index in [1.807, 2.05) is 36.4 Å². The number of pyridine rings is 1. The number of para-hydroxylation sites is 1. The second-order valence-corrected chi connectivity index (χ2v) is 5.09. The van der Waals surface area contributed by atoms with Crippen molar-refractivity contribution in [1.82, 2.24) is 4.98 Å². The number of fused-ring (bicyclic) bond motifs is 1. The predicted molar refractivity (Wildman–Crippen MR) is 89.6 cm³/mol. The average molecular weight is 315 g/mol. The van der Waals surface area contributed by atoms with E-state index in [4.69, 9.17) is 21.1 Å². The molecule has 0 aliphatic heterocycles. The van der Waals surface area contributed by atoms with Crippen LogP contribution in [0.2, 0.25) is 5.02 Å². The maximum atomic E-state index is 6.14. The van der Waals surface area contributed by atoms with E-state index in [2.05, 4.69) is 10.3 Å². The van der Waals surface area contributed by atoms with Crippen molar-refractivity contribution in [2.24, 2.45) is 0 Å². The molecule has 0 atom stereocenters. The van der Waals surface area contributed by atoms with E-state index >= 15 is 0 Å². The number of nitrogens with zero attached hydrogens (tertiary/aromatic N) is 1. The van der Waals surface area contributed by atoms with Crippen LogP contribution in [0.5, 0.6) is 11.5 Å². The van der Waals surface area contributed by atoms with Gasteiger partial charge in [0.25, 0.3) is 0 Å². The fourth-order valence-electron chi connectivity index (χ4n) is 2.31. The van der Waals surface area contributed by atoms with Gasteiger partial charge in [-0.15, -0.1) is 0 Å². The van der Waals surface area contributed by atoms with Crippen molar-refractivity contribution < 1.29 is 9.47 Å². The van der Waals surface area contributed by atoms with Crippen LogP contribution in [0.3, 0.4) is 0 Å². The zero-order valence-corrected chi connectivity index (χ0v) is 13.0. The molecule has 0 aliphatic rings. The third-order valence-electron chi connectivity index (χ3n) is 3.39. The van der Waals surface area contributed by atoms with Gasteiger partial charge in [0.1, 0.15) is 11.5 Å². The Kier molecular flexibility index (Phi) is 4.02. The first-order valence-electron chi connectivity index (χ1n) is 6.75. The molecule has 0 bridgehead atoms. The van der Waals surface area contributed by atoms with Crippen molar-refractivity contribution in [3.63, 3.8) is 0 Å². The maximum Gasteiger partial charge on any atom is 0.144 e. The molecule has 112 valence electrons. The summed E-state index contributed by atoms with van der Waals surface area (Å²) in [4.78, 5) is 4.36.